The molecule has 2 aromatic carbocycles. The number of nitrogens with zero attached hydrogens (tertiary/aromatic N) is 2. The van der Waals surface area contributed by atoms with Crippen LogP contribution in [0.15, 0.2) is 60.8 Å². The topological polar surface area (TPSA) is 46.9 Å². The highest BCUT2D eigenvalue weighted by molar-refractivity contribution is 6.42. The molecule has 26 heavy (non-hydrogen) atoms. The lowest BCUT2D eigenvalue weighted by Gasteiger charge is -2.04. The third-order valence-corrected chi connectivity index (χ3v) is 4.62. The third kappa shape index (κ3) is 4.88. The average Bonchev–Trinajstić information content (AvgIpc) is 3.04. The molecule has 1 aromatic heterocycles. The molecule has 0 radical (unpaired) electrons. The second-order valence-electron chi connectivity index (χ2n) is 5.49. The number of halogens is 3. The molecule has 0 aliphatic heterocycles. The van der Waals surface area contributed by atoms with Gasteiger partial charge in [0, 0.05) is 23.4 Å². The summed E-state index contributed by atoms with van der Waals surface area (Å²) in [7, 11) is 0. The number of benzene rings is 2. The molecule has 1 N–H and O–H groups in total. The summed E-state index contributed by atoms with van der Waals surface area (Å²) in [5.74, 6) is 0.170. The average molecular weight is 407 g/mol. The van der Waals surface area contributed by atoms with Gasteiger partial charge in [-0.05, 0) is 35.4 Å². The quantitative estimate of drug-likeness (QED) is 0.565. The maximum Gasteiger partial charge on any atom is 0.249 e. The van der Waals surface area contributed by atoms with E-state index in [0.29, 0.717) is 27.4 Å². The van der Waals surface area contributed by atoms with Gasteiger partial charge in [-0.25, -0.2) is 0 Å². The summed E-state index contributed by atoms with van der Waals surface area (Å²) in [5, 5.41) is 8.62. The van der Waals surface area contributed by atoms with Gasteiger partial charge in [0.05, 0.1) is 16.6 Å². The van der Waals surface area contributed by atoms with Crippen LogP contribution in [0.1, 0.15) is 11.1 Å². The van der Waals surface area contributed by atoms with E-state index in [1.807, 2.05) is 24.3 Å². The Hall–Kier alpha value is -2.27. The zero-order valence-corrected chi connectivity index (χ0v) is 15.8. The maximum atomic E-state index is 12.0. The molecule has 0 fully saturated rings. The van der Waals surface area contributed by atoms with Crippen molar-refractivity contribution in [2.75, 3.05) is 5.32 Å². The van der Waals surface area contributed by atoms with Crippen molar-refractivity contribution in [3.63, 3.8) is 0 Å². The van der Waals surface area contributed by atoms with Crippen LogP contribution in [0.2, 0.25) is 15.1 Å². The maximum absolute atomic E-state index is 12.0. The number of aromatic nitrogens is 2. The molecule has 7 heteroatoms. The molecule has 0 spiro atoms. The van der Waals surface area contributed by atoms with E-state index in [1.54, 1.807) is 41.2 Å². The first kappa shape index (κ1) is 18.5. The smallest absolute Gasteiger partial charge is 0.249 e. The number of hydrogen-bond donors (Lipinski definition) is 1. The summed E-state index contributed by atoms with van der Waals surface area (Å²) in [5.41, 5.74) is 1.73. The van der Waals surface area contributed by atoms with Gasteiger partial charge in [0.25, 0.3) is 0 Å². The van der Waals surface area contributed by atoms with Gasteiger partial charge in [0.15, 0.2) is 5.82 Å². The lowest BCUT2D eigenvalue weighted by Crippen LogP contribution is -2.09. The molecule has 0 atom stereocenters. The third-order valence-electron chi connectivity index (χ3n) is 3.54. The fourth-order valence-corrected chi connectivity index (χ4v) is 2.80. The van der Waals surface area contributed by atoms with Crippen LogP contribution in [0.25, 0.3) is 6.08 Å². The Kier molecular flexibility index (Phi) is 5.99. The van der Waals surface area contributed by atoms with Crippen molar-refractivity contribution in [3.8, 4) is 0 Å². The van der Waals surface area contributed by atoms with Crippen molar-refractivity contribution in [1.82, 2.24) is 9.78 Å². The fourth-order valence-electron chi connectivity index (χ4n) is 2.29. The standard InChI is InChI=1S/C19H14Cl3N3O/c20-15-4-2-1-3-14(15)6-8-19(26)23-18-9-10-25(24-18)12-13-5-7-16(21)17(22)11-13/h1-11H,12H2,(H,23,24,26)/b8-6+. The Morgan fingerprint density at radius 1 is 1.04 bits per heavy atom. The molecule has 0 aliphatic rings. The van der Waals surface area contributed by atoms with Crippen LogP contribution in [0.4, 0.5) is 5.82 Å². The number of nitrogens with one attached hydrogen (secondary N) is 1. The van der Waals surface area contributed by atoms with Crippen LogP contribution in [0, 0.1) is 0 Å². The molecule has 3 rings (SSSR count). The van der Waals surface area contributed by atoms with E-state index in [4.69, 9.17) is 34.8 Å². The van der Waals surface area contributed by atoms with Gasteiger partial charge in [-0.1, -0.05) is 59.1 Å². The SMILES string of the molecule is O=C(/C=C/c1ccccc1Cl)Nc1ccn(Cc2ccc(Cl)c(Cl)c2)n1. The van der Waals surface area contributed by atoms with E-state index in [2.05, 4.69) is 10.4 Å². The molecular weight excluding hydrogens is 393 g/mol. The summed E-state index contributed by atoms with van der Waals surface area (Å²) >= 11 is 18.0. The molecule has 1 heterocycles. The molecule has 3 aromatic rings. The summed E-state index contributed by atoms with van der Waals surface area (Å²) in [6, 6.07) is 14.4. The van der Waals surface area contributed by atoms with E-state index in [1.165, 1.54) is 6.08 Å². The first-order valence-electron chi connectivity index (χ1n) is 7.72. The molecular formula is C19H14Cl3N3O. The van der Waals surface area contributed by atoms with Crippen LogP contribution >= 0.6 is 34.8 Å². The molecule has 0 bridgehead atoms. The zero-order valence-electron chi connectivity index (χ0n) is 13.5. The molecule has 1 amide bonds. The second kappa shape index (κ2) is 8.41. The fraction of sp³-hybridized carbons (Fsp3) is 0.0526. The van der Waals surface area contributed by atoms with E-state index in [-0.39, 0.29) is 5.91 Å². The van der Waals surface area contributed by atoms with Gasteiger partial charge in [-0.3, -0.25) is 9.48 Å². The number of rotatable bonds is 5. The number of carbonyl (C=O) groups is 1. The minimum absolute atomic E-state index is 0.287. The van der Waals surface area contributed by atoms with Crippen LogP contribution < -0.4 is 5.32 Å². The Labute approximate surface area is 166 Å². The molecule has 132 valence electrons. The van der Waals surface area contributed by atoms with Gasteiger partial charge in [0.1, 0.15) is 0 Å². The normalized spacial score (nSPS) is 11.0. The molecule has 0 unspecified atom stereocenters. The minimum Gasteiger partial charge on any atom is -0.306 e. The number of carbonyl (C=O) groups excluding carboxylic acids is 1. The summed E-state index contributed by atoms with van der Waals surface area (Å²) in [6.45, 7) is 0.516. The van der Waals surface area contributed by atoms with Crippen molar-refractivity contribution < 1.29 is 4.79 Å². The molecule has 0 saturated carbocycles. The monoisotopic (exact) mass is 405 g/mol. The number of hydrogen-bond acceptors (Lipinski definition) is 2. The van der Waals surface area contributed by atoms with Crippen molar-refractivity contribution in [3.05, 3.63) is 87.0 Å². The zero-order chi connectivity index (χ0) is 18.5. The Morgan fingerprint density at radius 2 is 1.85 bits per heavy atom. The summed E-state index contributed by atoms with van der Waals surface area (Å²) in [6.07, 6.45) is 4.85. The highest BCUT2D eigenvalue weighted by Crippen LogP contribution is 2.23. The second-order valence-corrected chi connectivity index (χ2v) is 6.71. The lowest BCUT2D eigenvalue weighted by molar-refractivity contribution is -0.111. The van der Waals surface area contributed by atoms with Gasteiger partial charge < -0.3 is 5.32 Å². The van der Waals surface area contributed by atoms with E-state index in [0.717, 1.165) is 11.1 Å². The Bertz CT molecular complexity index is 966. The number of amides is 1. The van der Waals surface area contributed by atoms with E-state index < -0.39 is 0 Å². The number of anilines is 1. The minimum atomic E-state index is -0.287. The first-order valence-corrected chi connectivity index (χ1v) is 8.85. The predicted molar refractivity (Wildman–Crippen MR) is 107 cm³/mol. The lowest BCUT2D eigenvalue weighted by atomic mass is 10.2. The molecule has 4 nitrogen and oxygen atoms in total. The van der Waals surface area contributed by atoms with Crippen LogP contribution in [0.5, 0.6) is 0 Å². The molecule has 0 saturated heterocycles. The summed E-state index contributed by atoms with van der Waals surface area (Å²) < 4.78 is 1.70. The first-order chi connectivity index (χ1) is 12.5. The van der Waals surface area contributed by atoms with E-state index >= 15 is 0 Å². The van der Waals surface area contributed by atoms with Crippen molar-refractivity contribution >= 4 is 52.6 Å². The van der Waals surface area contributed by atoms with Crippen molar-refractivity contribution in [2.24, 2.45) is 0 Å². The molecule has 0 aliphatic carbocycles. The van der Waals surface area contributed by atoms with Gasteiger partial charge in [-0.2, -0.15) is 5.10 Å². The van der Waals surface area contributed by atoms with Crippen molar-refractivity contribution in [1.29, 1.82) is 0 Å². The Balaban J connectivity index is 1.62. The van der Waals surface area contributed by atoms with Gasteiger partial charge >= 0.3 is 0 Å². The highest BCUT2D eigenvalue weighted by atomic mass is 35.5. The van der Waals surface area contributed by atoms with Crippen LogP contribution in [-0.2, 0) is 11.3 Å². The summed E-state index contributed by atoms with van der Waals surface area (Å²) in [4.78, 5) is 12.0. The van der Waals surface area contributed by atoms with Gasteiger partial charge in [0.2, 0.25) is 5.91 Å². The van der Waals surface area contributed by atoms with Crippen LogP contribution in [-0.4, -0.2) is 15.7 Å². The van der Waals surface area contributed by atoms with Gasteiger partial charge in [-0.15, -0.1) is 0 Å². The largest absolute Gasteiger partial charge is 0.306 e. The van der Waals surface area contributed by atoms with Crippen LogP contribution in [0.3, 0.4) is 0 Å². The Morgan fingerprint density at radius 3 is 2.62 bits per heavy atom. The van der Waals surface area contributed by atoms with E-state index in [9.17, 15) is 4.79 Å². The highest BCUT2D eigenvalue weighted by Gasteiger charge is 2.05. The van der Waals surface area contributed by atoms with Crippen molar-refractivity contribution in [2.45, 2.75) is 6.54 Å². The predicted octanol–water partition coefficient (Wildman–Crippen LogP) is 5.54.